The van der Waals surface area contributed by atoms with Crippen LogP contribution in [-0.4, -0.2) is 36.6 Å². The first kappa shape index (κ1) is 21.1. The summed E-state index contributed by atoms with van der Waals surface area (Å²) in [5.41, 5.74) is 10.9. The molecule has 158 valence electrons. The Hall–Kier alpha value is -3.15. The second-order valence-electron chi connectivity index (χ2n) is 7.62. The Morgan fingerprint density at radius 2 is 1.39 bits per heavy atom. The summed E-state index contributed by atoms with van der Waals surface area (Å²) in [6.45, 7) is 0.451. The molecule has 6 nitrogen and oxygen atoms in total. The summed E-state index contributed by atoms with van der Waals surface area (Å²) in [6, 6.07) is 29.8. The highest BCUT2D eigenvalue weighted by atomic mass is 16.5. The first-order chi connectivity index (χ1) is 15.2. The molecule has 1 saturated heterocycles. The van der Waals surface area contributed by atoms with Crippen LogP contribution >= 0.6 is 0 Å². The lowest BCUT2D eigenvalue weighted by atomic mass is 9.80. The van der Waals surface area contributed by atoms with Crippen LogP contribution in [-0.2, 0) is 15.1 Å². The number of benzene rings is 3. The molecule has 0 aliphatic carbocycles. The summed E-state index contributed by atoms with van der Waals surface area (Å²) in [5.74, 6) is 0. The minimum atomic E-state index is -0.834. The molecule has 0 spiro atoms. The van der Waals surface area contributed by atoms with Gasteiger partial charge in [0.25, 0.3) is 0 Å². The number of hydrogen-bond donors (Lipinski definition) is 1. The van der Waals surface area contributed by atoms with E-state index in [1.807, 2.05) is 54.6 Å². The summed E-state index contributed by atoms with van der Waals surface area (Å²) >= 11 is 0. The second kappa shape index (κ2) is 9.77. The highest BCUT2D eigenvalue weighted by Crippen LogP contribution is 2.40. The smallest absolute Gasteiger partial charge is 0.143 e. The predicted molar refractivity (Wildman–Crippen MR) is 118 cm³/mol. The van der Waals surface area contributed by atoms with E-state index < -0.39 is 17.7 Å². The maximum absolute atomic E-state index is 10.4. The SMILES string of the molecule is [N-]=[N+]=N[C@@H]1CO[C@H](COC(c2ccccc2)(c2ccccc2)c2ccccc2)C[C@H]1O. The van der Waals surface area contributed by atoms with E-state index in [1.165, 1.54) is 0 Å². The quantitative estimate of drug-likeness (QED) is 0.260. The van der Waals surface area contributed by atoms with Crippen LogP contribution in [0.15, 0.2) is 96.1 Å². The minimum absolute atomic E-state index is 0.175. The van der Waals surface area contributed by atoms with Crippen LogP contribution in [0, 0.1) is 0 Å². The molecule has 6 heteroatoms. The lowest BCUT2D eigenvalue weighted by molar-refractivity contribution is -0.111. The summed E-state index contributed by atoms with van der Waals surface area (Å²) in [6.07, 6.45) is -0.716. The Morgan fingerprint density at radius 1 is 0.903 bits per heavy atom. The van der Waals surface area contributed by atoms with Crippen LogP contribution < -0.4 is 0 Å². The van der Waals surface area contributed by atoms with E-state index in [1.54, 1.807) is 0 Å². The summed E-state index contributed by atoms with van der Waals surface area (Å²) in [5, 5.41) is 14.0. The van der Waals surface area contributed by atoms with Gasteiger partial charge in [-0.2, -0.15) is 0 Å². The molecule has 4 rings (SSSR count). The average Bonchev–Trinajstić information content (AvgIpc) is 2.83. The molecule has 3 aromatic rings. The zero-order chi connectivity index (χ0) is 21.5. The average molecular weight is 415 g/mol. The molecule has 0 saturated carbocycles. The second-order valence-corrected chi connectivity index (χ2v) is 7.62. The molecule has 0 bridgehead atoms. The van der Waals surface area contributed by atoms with E-state index in [4.69, 9.17) is 15.0 Å². The van der Waals surface area contributed by atoms with Crippen LogP contribution in [0.4, 0.5) is 0 Å². The van der Waals surface area contributed by atoms with Crippen molar-refractivity contribution in [3.63, 3.8) is 0 Å². The molecule has 0 unspecified atom stereocenters. The Labute approximate surface area is 181 Å². The zero-order valence-electron chi connectivity index (χ0n) is 17.1. The number of aliphatic hydroxyl groups is 1. The van der Waals surface area contributed by atoms with Gasteiger partial charge in [-0.05, 0) is 22.2 Å². The number of rotatable bonds is 7. The summed E-state index contributed by atoms with van der Waals surface area (Å²) in [4.78, 5) is 2.79. The molecule has 0 amide bonds. The number of aliphatic hydroxyl groups excluding tert-OH is 1. The van der Waals surface area contributed by atoms with Gasteiger partial charge in [-0.15, -0.1) is 0 Å². The Morgan fingerprint density at radius 3 is 1.81 bits per heavy atom. The van der Waals surface area contributed by atoms with Crippen LogP contribution in [0.1, 0.15) is 23.1 Å². The lowest BCUT2D eigenvalue weighted by Crippen LogP contribution is -2.44. The van der Waals surface area contributed by atoms with Gasteiger partial charge in [0.05, 0.1) is 31.5 Å². The van der Waals surface area contributed by atoms with E-state index in [-0.39, 0.29) is 19.3 Å². The molecular formula is C25H25N3O3. The standard InChI is InChI=1S/C25H25N3O3/c26-28-27-23-18-30-22(16-24(23)29)17-31-25(19-10-4-1-5-11-19,20-12-6-2-7-13-20)21-14-8-3-9-15-21/h1-15,22-24,29H,16-18H2/t22-,23+,24+/m0/s1. The maximum Gasteiger partial charge on any atom is 0.143 e. The van der Waals surface area contributed by atoms with Gasteiger partial charge in [0.1, 0.15) is 5.60 Å². The van der Waals surface area contributed by atoms with Crippen molar-refractivity contribution in [2.45, 2.75) is 30.3 Å². The number of azide groups is 1. The van der Waals surface area contributed by atoms with Gasteiger partial charge in [0.2, 0.25) is 0 Å². The van der Waals surface area contributed by atoms with Crippen molar-refractivity contribution in [1.29, 1.82) is 0 Å². The third-order valence-corrected chi connectivity index (χ3v) is 5.68. The monoisotopic (exact) mass is 415 g/mol. The van der Waals surface area contributed by atoms with Crippen molar-refractivity contribution < 1.29 is 14.6 Å². The fraction of sp³-hybridized carbons (Fsp3) is 0.280. The lowest BCUT2D eigenvalue weighted by Gasteiger charge is -2.38. The van der Waals surface area contributed by atoms with Crippen molar-refractivity contribution in [2.24, 2.45) is 5.11 Å². The first-order valence-electron chi connectivity index (χ1n) is 10.4. The molecule has 3 aromatic carbocycles. The molecule has 0 radical (unpaired) electrons. The number of hydrogen-bond acceptors (Lipinski definition) is 4. The highest BCUT2D eigenvalue weighted by Gasteiger charge is 2.39. The topological polar surface area (TPSA) is 87.5 Å². The highest BCUT2D eigenvalue weighted by molar-refractivity contribution is 5.47. The van der Waals surface area contributed by atoms with Crippen molar-refractivity contribution in [2.75, 3.05) is 13.2 Å². The fourth-order valence-corrected chi connectivity index (χ4v) is 4.12. The molecule has 3 atom stereocenters. The fourth-order valence-electron chi connectivity index (χ4n) is 4.12. The molecule has 1 N–H and O–H groups in total. The molecule has 1 aliphatic heterocycles. The first-order valence-corrected chi connectivity index (χ1v) is 10.4. The van der Waals surface area contributed by atoms with Crippen LogP contribution in [0.5, 0.6) is 0 Å². The maximum atomic E-state index is 10.4. The van der Waals surface area contributed by atoms with Gasteiger partial charge in [-0.1, -0.05) is 96.1 Å². The van der Waals surface area contributed by atoms with Gasteiger partial charge in [0, 0.05) is 11.3 Å². The van der Waals surface area contributed by atoms with Crippen LogP contribution in [0.2, 0.25) is 0 Å². The van der Waals surface area contributed by atoms with Crippen molar-refractivity contribution in [3.8, 4) is 0 Å². The van der Waals surface area contributed by atoms with Crippen LogP contribution in [0.25, 0.3) is 10.4 Å². The molecule has 0 aromatic heterocycles. The van der Waals surface area contributed by atoms with E-state index in [0.717, 1.165) is 16.7 Å². The Balaban J connectivity index is 1.70. The van der Waals surface area contributed by atoms with Crippen molar-refractivity contribution in [1.82, 2.24) is 0 Å². The van der Waals surface area contributed by atoms with Crippen molar-refractivity contribution >= 4 is 0 Å². The molecule has 1 heterocycles. The van der Waals surface area contributed by atoms with Crippen molar-refractivity contribution in [3.05, 3.63) is 118 Å². The number of nitrogens with zero attached hydrogens (tertiary/aromatic N) is 3. The molecular weight excluding hydrogens is 390 g/mol. The van der Waals surface area contributed by atoms with Gasteiger partial charge in [0.15, 0.2) is 0 Å². The third-order valence-electron chi connectivity index (χ3n) is 5.68. The van der Waals surface area contributed by atoms with Crippen LogP contribution in [0.3, 0.4) is 0 Å². The van der Waals surface area contributed by atoms with E-state index >= 15 is 0 Å². The minimum Gasteiger partial charge on any atom is -0.393 e. The zero-order valence-corrected chi connectivity index (χ0v) is 17.1. The van der Waals surface area contributed by atoms with Gasteiger partial charge in [-0.3, -0.25) is 0 Å². The van der Waals surface area contributed by atoms with Gasteiger partial charge in [-0.25, -0.2) is 0 Å². The third kappa shape index (κ3) is 4.48. The number of ether oxygens (including phenoxy) is 2. The largest absolute Gasteiger partial charge is 0.393 e. The molecule has 1 fully saturated rings. The Kier molecular flexibility index (Phi) is 6.65. The summed E-state index contributed by atoms with van der Waals surface area (Å²) in [7, 11) is 0. The van der Waals surface area contributed by atoms with Gasteiger partial charge >= 0.3 is 0 Å². The van der Waals surface area contributed by atoms with E-state index in [0.29, 0.717) is 6.42 Å². The molecule has 1 aliphatic rings. The predicted octanol–water partition coefficient (Wildman–Crippen LogP) is 4.82. The normalized spacial score (nSPS) is 21.3. The van der Waals surface area contributed by atoms with Gasteiger partial charge < -0.3 is 14.6 Å². The Bertz CT molecular complexity index is 911. The summed E-state index contributed by atoms with van der Waals surface area (Å²) < 4.78 is 12.6. The molecule has 31 heavy (non-hydrogen) atoms. The van der Waals surface area contributed by atoms with E-state index in [9.17, 15) is 5.11 Å². The van der Waals surface area contributed by atoms with E-state index in [2.05, 4.69) is 46.4 Å².